The van der Waals surface area contributed by atoms with Gasteiger partial charge in [0, 0.05) is 25.8 Å². The zero-order valence-electron chi connectivity index (χ0n) is 15.2. The molecule has 2 heterocycles. The maximum Gasteiger partial charge on any atom is 0.279 e. The number of Topliss-reactive ketones (excluding diaryl/α,β-unsaturated/α-hetero) is 1. The molecule has 0 atom stereocenters. The average Bonchev–Trinajstić information content (AvgIpc) is 3.03. The molecule has 0 bridgehead atoms. The Bertz CT molecular complexity index is 1080. The molecule has 0 fully saturated rings. The maximum atomic E-state index is 12.6. The van der Waals surface area contributed by atoms with E-state index in [9.17, 15) is 9.59 Å². The molecule has 6 heteroatoms. The Morgan fingerprint density at radius 1 is 1.15 bits per heavy atom. The van der Waals surface area contributed by atoms with Gasteiger partial charge in [0.1, 0.15) is 22.9 Å². The first-order valence-corrected chi connectivity index (χ1v) is 8.82. The summed E-state index contributed by atoms with van der Waals surface area (Å²) in [6.07, 6.45) is 5.22. The van der Waals surface area contributed by atoms with Crippen LogP contribution in [0.4, 0.5) is 0 Å². The topological polar surface area (TPSA) is 65.6 Å². The number of aromatic nitrogens is 3. The number of aryl methyl sites for hydroxylation is 1. The lowest BCUT2D eigenvalue weighted by molar-refractivity contribution is -0.118. The molecule has 0 aliphatic heterocycles. The number of imidazole rings is 1. The smallest absolute Gasteiger partial charge is 0.279 e. The molecule has 0 saturated carbocycles. The first-order valence-electron chi connectivity index (χ1n) is 8.82. The van der Waals surface area contributed by atoms with Crippen molar-refractivity contribution in [3.63, 3.8) is 0 Å². The van der Waals surface area contributed by atoms with E-state index in [1.807, 2.05) is 38.2 Å². The van der Waals surface area contributed by atoms with E-state index in [1.165, 1.54) is 4.57 Å². The molecule has 3 aromatic rings. The zero-order valence-corrected chi connectivity index (χ0v) is 15.2. The molecule has 0 amide bonds. The molecule has 0 N–H and O–H groups in total. The zero-order chi connectivity index (χ0) is 18.4. The van der Waals surface area contributed by atoms with Crippen LogP contribution in [0, 0.1) is 0 Å². The minimum Gasteiger partial charge on any atom is -0.439 e. The van der Waals surface area contributed by atoms with Gasteiger partial charge in [-0.25, -0.2) is 4.98 Å². The third-order valence-electron chi connectivity index (χ3n) is 4.90. The van der Waals surface area contributed by atoms with E-state index in [1.54, 1.807) is 17.6 Å². The molecule has 0 saturated heterocycles. The number of ketones is 1. The highest BCUT2D eigenvalue weighted by atomic mass is 16.5. The van der Waals surface area contributed by atoms with E-state index >= 15 is 0 Å². The molecule has 134 valence electrons. The maximum absolute atomic E-state index is 12.6. The lowest BCUT2D eigenvalue weighted by atomic mass is 9.91. The Balaban J connectivity index is 1.75. The fourth-order valence-electron chi connectivity index (χ4n) is 3.43. The largest absolute Gasteiger partial charge is 0.439 e. The summed E-state index contributed by atoms with van der Waals surface area (Å²) >= 11 is 0. The van der Waals surface area contributed by atoms with Crippen LogP contribution in [0.1, 0.15) is 43.1 Å². The molecule has 26 heavy (non-hydrogen) atoms. The fourth-order valence-corrected chi connectivity index (χ4v) is 3.43. The summed E-state index contributed by atoms with van der Waals surface area (Å²) in [7, 11) is 1.69. The SMILES string of the molecule is CC(C)c1ncc2c(=O)n(C)c(Oc3ccc4c(c3)CCC(=O)C4)cn12. The second-order valence-corrected chi connectivity index (χ2v) is 7.11. The number of ether oxygens (including phenoxy) is 1. The van der Waals surface area contributed by atoms with Gasteiger partial charge in [-0.1, -0.05) is 19.9 Å². The molecule has 0 spiro atoms. The van der Waals surface area contributed by atoms with E-state index in [4.69, 9.17) is 4.74 Å². The predicted octanol–water partition coefficient (Wildman–Crippen LogP) is 3.01. The van der Waals surface area contributed by atoms with Crippen molar-refractivity contribution in [2.75, 3.05) is 0 Å². The van der Waals surface area contributed by atoms with Crippen LogP contribution < -0.4 is 10.3 Å². The van der Waals surface area contributed by atoms with Gasteiger partial charge in [0.05, 0.1) is 12.4 Å². The Labute approximate surface area is 151 Å². The standard InChI is InChI=1S/C20H21N3O3/c1-12(2)19-21-10-17-20(25)22(3)18(11-23(17)19)26-16-7-5-13-8-15(24)6-4-14(13)9-16/h5,7,9-12H,4,6,8H2,1-3H3. The van der Waals surface area contributed by atoms with Crippen LogP contribution in [0.15, 0.2) is 35.4 Å². The van der Waals surface area contributed by atoms with E-state index in [0.717, 1.165) is 23.4 Å². The van der Waals surface area contributed by atoms with E-state index in [0.29, 0.717) is 30.0 Å². The number of carbonyl (C=O) groups excluding carboxylic acids is 1. The molecule has 2 aromatic heterocycles. The van der Waals surface area contributed by atoms with Gasteiger partial charge in [-0.05, 0) is 29.7 Å². The second-order valence-electron chi connectivity index (χ2n) is 7.11. The van der Waals surface area contributed by atoms with Crippen molar-refractivity contribution in [3.05, 3.63) is 57.9 Å². The highest BCUT2D eigenvalue weighted by Gasteiger charge is 2.18. The van der Waals surface area contributed by atoms with Crippen molar-refractivity contribution < 1.29 is 9.53 Å². The number of nitrogens with zero attached hydrogens (tertiary/aromatic N) is 3. The summed E-state index contributed by atoms with van der Waals surface area (Å²) in [6, 6.07) is 5.76. The molecular weight excluding hydrogens is 330 g/mol. The van der Waals surface area contributed by atoms with Crippen LogP contribution >= 0.6 is 0 Å². The monoisotopic (exact) mass is 351 g/mol. The Morgan fingerprint density at radius 3 is 2.73 bits per heavy atom. The third-order valence-corrected chi connectivity index (χ3v) is 4.90. The number of hydrogen-bond donors (Lipinski definition) is 0. The molecule has 0 unspecified atom stereocenters. The van der Waals surface area contributed by atoms with E-state index < -0.39 is 0 Å². The summed E-state index contributed by atoms with van der Waals surface area (Å²) in [5, 5.41) is 0. The van der Waals surface area contributed by atoms with Crippen molar-refractivity contribution in [3.8, 4) is 11.6 Å². The highest BCUT2D eigenvalue weighted by molar-refractivity contribution is 5.83. The summed E-state index contributed by atoms with van der Waals surface area (Å²) in [5.74, 6) is 2.42. The van der Waals surface area contributed by atoms with Crippen LogP contribution in [0.5, 0.6) is 11.6 Å². The van der Waals surface area contributed by atoms with Gasteiger partial charge in [-0.3, -0.25) is 18.6 Å². The quantitative estimate of drug-likeness (QED) is 0.728. The lowest BCUT2D eigenvalue weighted by Gasteiger charge is -2.17. The van der Waals surface area contributed by atoms with E-state index in [-0.39, 0.29) is 17.3 Å². The average molecular weight is 351 g/mol. The van der Waals surface area contributed by atoms with Gasteiger partial charge < -0.3 is 4.74 Å². The van der Waals surface area contributed by atoms with Gasteiger partial charge in [0.15, 0.2) is 0 Å². The van der Waals surface area contributed by atoms with Crippen LogP contribution in [0.3, 0.4) is 0 Å². The van der Waals surface area contributed by atoms with Crippen molar-refractivity contribution >= 4 is 11.3 Å². The number of fused-ring (bicyclic) bond motifs is 2. The van der Waals surface area contributed by atoms with Crippen LogP contribution in [-0.2, 0) is 24.7 Å². The Morgan fingerprint density at radius 2 is 1.96 bits per heavy atom. The van der Waals surface area contributed by atoms with Gasteiger partial charge in [-0.2, -0.15) is 0 Å². The predicted molar refractivity (Wildman–Crippen MR) is 98.1 cm³/mol. The summed E-state index contributed by atoms with van der Waals surface area (Å²) in [4.78, 5) is 28.6. The number of rotatable bonds is 3. The van der Waals surface area contributed by atoms with Crippen molar-refractivity contribution in [2.24, 2.45) is 7.05 Å². The Kier molecular flexibility index (Phi) is 3.90. The second kappa shape index (κ2) is 6.12. The summed E-state index contributed by atoms with van der Waals surface area (Å²) < 4.78 is 9.32. The number of benzene rings is 1. The van der Waals surface area contributed by atoms with Gasteiger partial charge in [0.2, 0.25) is 5.88 Å². The first-order chi connectivity index (χ1) is 12.4. The number of hydrogen-bond acceptors (Lipinski definition) is 4. The highest BCUT2D eigenvalue weighted by Crippen LogP contribution is 2.27. The minimum atomic E-state index is -0.148. The van der Waals surface area contributed by atoms with Crippen molar-refractivity contribution in [1.29, 1.82) is 0 Å². The first kappa shape index (κ1) is 16.6. The van der Waals surface area contributed by atoms with Crippen LogP contribution in [-0.4, -0.2) is 19.7 Å². The molecule has 1 aliphatic carbocycles. The van der Waals surface area contributed by atoms with E-state index in [2.05, 4.69) is 4.98 Å². The van der Waals surface area contributed by atoms with Crippen LogP contribution in [0.25, 0.3) is 5.52 Å². The van der Waals surface area contributed by atoms with Gasteiger partial charge in [0.25, 0.3) is 5.56 Å². The lowest BCUT2D eigenvalue weighted by Crippen LogP contribution is -2.20. The summed E-state index contributed by atoms with van der Waals surface area (Å²) in [6.45, 7) is 4.08. The van der Waals surface area contributed by atoms with Crippen LogP contribution in [0.2, 0.25) is 0 Å². The van der Waals surface area contributed by atoms with Gasteiger partial charge >= 0.3 is 0 Å². The van der Waals surface area contributed by atoms with Crippen molar-refractivity contribution in [1.82, 2.24) is 14.0 Å². The molecule has 1 aliphatic rings. The summed E-state index contributed by atoms with van der Waals surface area (Å²) in [5.41, 5.74) is 2.59. The molecule has 1 aromatic carbocycles. The normalized spacial score (nSPS) is 14.1. The molecule has 4 rings (SSSR count). The van der Waals surface area contributed by atoms with Gasteiger partial charge in [-0.15, -0.1) is 0 Å². The van der Waals surface area contributed by atoms with Crippen molar-refractivity contribution in [2.45, 2.75) is 39.0 Å². The fraction of sp³-hybridized carbons (Fsp3) is 0.350. The third kappa shape index (κ3) is 2.71. The molecule has 6 nitrogen and oxygen atoms in total. The number of carbonyl (C=O) groups is 1. The molecular formula is C20H21N3O3. The Hall–Kier alpha value is -2.89. The molecule has 0 radical (unpaired) electrons. The minimum absolute atomic E-state index is 0.148.